The fourth-order valence-electron chi connectivity index (χ4n) is 6.51. The minimum absolute atomic E-state index is 0.0233. The van der Waals surface area contributed by atoms with Crippen molar-refractivity contribution in [1.82, 2.24) is 4.90 Å². The lowest BCUT2D eigenvalue weighted by Crippen LogP contribution is -2.46. The number of aliphatic hydroxyl groups is 2. The smallest absolute Gasteiger partial charge is 0.414 e. The second-order valence-electron chi connectivity index (χ2n) is 11.8. The van der Waals surface area contributed by atoms with Crippen molar-refractivity contribution in [3.63, 3.8) is 0 Å². The van der Waals surface area contributed by atoms with Crippen LogP contribution in [0.3, 0.4) is 0 Å². The largest absolute Gasteiger partial charge is 0.447 e. The molecule has 3 aliphatic rings. The third-order valence-electron chi connectivity index (χ3n) is 9.05. The van der Waals surface area contributed by atoms with E-state index in [-0.39, 0.29) is 49.4 Å². The van der Waals surface area contributed by atoms with Crippen LogP contribution in [0.1, 0.15) is 35.6 Å². The minimum Gasteiger partial charge on any atom is -0.447 e. The van der Waals surface area contributed by atoms with E-state index < -0.39 is 28.4 Å². The van der Waals surface area contributed by atoms with Crippen LogP contribution in [0.15, 0.2) is 78.9 Å². The Bertz CT molecular complexity index is 1740. The minimum atomic E-state index is -2.14. The number of carbonyl (C=O) groups is 3. The van der Waals surface area contributed by atoms with E-state index in [9.17, 15) is 34.7 Å². The standard InChI is InChI=1S/C34H34N4O8/c1-22(6-4-11-31(40)36-20-25-9-3-2-8-24(25)17-28(36)21-39)34(43)29-18-27(38(44)45)12-13-30(29)37(32(34)41)19-23-7-5-10-26(16-23)35-14-15-46-33(35)42/h2-10,12-13,16,18,22,28,39,43H,11,14-15,17,19-21H2,1H3/b6-4+/t22-,28-,34+/m0/s1. The highest BCUT2D eigenvalue weighted by Crippen LogP contribution is 2.47. The molecule has 0 saturated carbocycles. The molecule has 2 N–H and O–H groups in total. The van der Waals surface area contributed by atoms with Crippen molar-refractivity contribution in [2.24, 2.45) is 5.92 Å². The molecule has 0 aromatic heterocycles. The van der Waals surface area contributed by atoms with E-state index in [4.69, 9.17) is 4.74 Å². The maximum absolute atomic E-state index is 14.0. The van der Waals surface area contributed by atoms with E-state index >= 15 is 0 Å². The predicted octanol–water partition coefficient (Wildman–Crippen LogP) is 3.81. The summed E-state index contributed by atoms with van der Waals surface area (Å²) in [6.07, 6.45) is 3.23. The molecule has 3 aromatic rings. The van der Waals surface area contributed by atoms with Gasteiger partial charge >= 0.3 is 6.09 Å². The number of carbonyl (C=O) groups excluding carboxylic acids is 3. The molecule has 6 rings (SSSR count). The van der Waals surface area contributed by atoms with Crippen molar-refractivity contribution in [1.29, 1.82) is 0 Å². The number of nitro groups is 1. The van der Waals surface area contributed by atoms with Gasteiger partial charge in [0.05, 0.1) is 36.3 Å². The normalized spacial score (nSPS) is 21.4. The second-order valence-corrected chi connectivity index (χ2v) is 11.8. The Balaban J connectivity index is 1.24. The number of cyclic esters (lactones) is 1. The Morgan fingerprint density at radius 2 is 1.91 bits per heavy atom. The van der Waals surface area contributed by atoms with Crippen LogP contribution >= 0.6 is 0 Å². The molecule has 1 fully saturated rings. The summed E-state index contributed by atoms with van der Waals surface area (Å²) in [5.74, 6) is -1.73. The molecule has 3 atom stereocenters. The molecule has 0 bridgehead atoms. The first-order valence-corrected chi connectivity index (χ1v) is 15.1. The van der Waals surface area contributed by atoms with Gasteiger partial charge in [0, 0.05) is 42.3 Å². The van der Waals surface area contributed by atoms with Crippen LogP contribution in [0.25, 0.3) is 0 Å². The lowest BCUT2D eigenvalue weighted by Gasteiger charge is -2.36. The van der Waals surface area contributed by atoms with Crippen molar-refractivity contribution in [3.8, 4) is 0 Å². The molecule has 0 radical (unpaired) electrons. The molecule has 12 heteroatoms. The molecule has 0 aliphatic carbocycles. The van der Waals surface area contributed by atoms with Gasteiger partial charge < -0.3 is 24.7 Å². The molecule has 0 spiro atoms. The SMILES string of the molecule is C[C@@H](/C=C/CC(=O)N1Cc2ccccc2C[C@H]1CO)[C@]1(O)C(=O)N(Cc2cccc(N3CCOC3=O)c2)c2ccc([N+](=O)[O-])cc21. The van der Waals surface area contributed by atoms with Gasteiger partial charge in [0.2, 0.25) is 5.91 Å². The number of anilines is 2. The second kappa shape index (κ2) is 12.4. The number of nitrogens with zero attached hydrogens (tertiary/aromatic N) is 4. The van der Waals surface area contributed by atoms with E-state index in [0.29, 0.717) is 36.4 Å². The highest BCUT2D eigenvalue weighted by atomic mass is 16.6. The van der Waals surface area contributed by atoms with Crippen molar-refractivity contribution in [2.75, 3.05) is 29.6 Å². The number of fused-ring (bicyclic) bond motifs is 2. The fourth-order valence-corrected chi connectivity index (χ4v) is 6.51. The molecule has 46 heavy (non-hydrogen) atoms. The van der Waals surface area contributed by atoms with Gasteiger partial charge in [-0.25, -0.2) is 4.79 Å². The topological polar surface area (TPSA) is 154 Å². The highest BCUT2D eigenvalue weighted by Gasteiger charge is 2.53. The molecule has 238 valence electrons. The van der Waals surface area contributed by atoms with Gasteiger partial charge in [-0.05, 0) is 41.3 Å². The Morgan fingerprint density at radius 3 is 2.63 bits per heavy atom. The first kappa shape index (κ1) is 30.9. The van der Waals surface area contributed by atoms with Gasteiger partial charge in [-0.15, -0.1) is 0 Å². The van der Waals surface area contributed by atoms with E-state index in [1.165, 1.54) is 28.0 Å². The zero-order valence-corrected chi connectivity index (χ0v) is 25.2. The van der Waals surface area contributed by atoms with Crippen molar-refractivity contribution in [2.45, 2.75) is 44.5 Å². The Hall–Kier alpha value is -5.07. The van der Waals surface area contributed by atoms with E-state index in [1.807, 2.05) is 24.3 Å². The Morgan fingerprint density at radius 1 is 1.13 bits per heavy atom. The number of non-ortho nitro benzene ring substituents is 1. The van der Waals surface area contributed by atoms with Gasteiger partial charge in [-0.3, -0.25) is 24.6 Å². The summed E-state index contributed by atoms with van der Waals surface area (Å²) in [4.78, 5) is 55.0. The summed E-state index contributed by atoms with van der Waals surface area (Å²) < 4.78 is 5.04. The molecule has 3 aliphatic heterocycles. The summed E-state index contributed by atoms with van der Waals surface area (Å²) in [6, 6.07) is 18.5. The third kappa shape index (κ3) is 5.50. The van der Waals surface area contributed by atoms with Gasteiger partial charge in [-0.2, -0.15) is 0 Å². The fraction of sp³-hybridized carbons (Fsp3) is 0.324. The molecule has 3 aromatic carbocycles. The summed E-state index contributed by atoms with van der Waals surface area (Å²) in [7, 11) is 0. The van der Waals surface area contributed by atoms with E-state index in [2.05, 4.69) is 0 Å². The van der Waals surface area contributed by atoms with Crippen LogP contribution in [-0.4, -0.2) is 63.7 Å². The Labute approximate surface area is 265 Å². The number of hydrogen-bond acceptors (Lipinski definition) is 8. The zero-order valence-electron chi connectivity index (χ0n) is 25.2. The van der Waals surface area contributed by atoms with Gasteiger partial charge in [0.15, 0.2) is 5.60 Å². The number of ether oxygens (including phenoxy) is 1. The molecule has 3 heterocycles. The van der Waals surface area contributed by atoms with E-state index in [0.717, 1.165) is 11.1 Å². The molecular weight excluding hydrogens is 592 g/mol. The van der Waals surface area contributed by atoms with E-state index in [1.54, 1.807) is 48.2 Å². The van der Waals surface area contributed by atoms with Crippen LogP contribution in [0.5, 0.6) is 0 Å². The highest BCUT2D eigenvalue weighted by molar-refractivity contribution is 6.07. The van der Waals surface area contributed by atoms with Crippen LogP contribution in [0.4, 0.5) is 21.9 Å². The number of hydrogen-bond donors (Lipinski definition) is 2. The van der Waals surface area contributed by atoms with Crippen LogP contribution < -0.4 is 9.80 Å². The molecular formula is C34H34N4O8. The maximum atomic E-state index is 14.0. The van der Waals surface area contributed by atoms with Crippen molar-refractivity contribution in [3.05, 3.63) is 111 Å². The monoisotopic (exact) mass is 626 g/mol. The number of amides is 3. The number of nitro benzene ring substituents is 1. The molecule has 3 amide bonds. The summed E-state index contributed by atoms with van der Waals surface area (Å²) in [5, 5.41) is 33.7. The molecule has 12 nitrogen and oxygen atoms in total. The first-order chi connectivity index (χ1) is 22.1. The molecule has 0 unspecified atom stereocenters. The predicted molar refractivity (Wildman–Crippen MR) is 168 cm³/mol. The summed E-state index contributed by atoms with van der Waals surface area (Å²) in [5.41, 5.74) is 1.41. The number of rotatable bonds is 9. The zero-order chi connectivity index (χ0) is 32.6. The van der Waals surface area contributed by atoms with Crippen LogP contribution in [0.2, 0.25) is 0 Å². The average molecular weight is 627 g/mol. The van der Waals surface area contributed by atoms with Crippen molar-refractivity contribution < 1.29 is 34.3 Å². The van der Waals surface area contributed by atoms with Gasteiger partial charge in [0.1, 0.15) is 6.61 Å². The van der Waals surface area contributed by atoms with Gasteiger partial charge in [0.25, 0.3) is 11.6 Å². The van der Waals surface area contributed by atoms with Gasteiger partial charge in [-0.1, -0.05) is 55.5 Å². The number of benzene rings is 3. The number of aliphatic hydroxyl groups excluding tert-OH is 1. The van der Waals surface area contributed by atoms with Crippen molar-refractivity contribution >= 4 is 35.0 Å². The lowest BCUT2D eigenvalue weighted by molar-refractivity contribution is -0.385. The van der Waals surface area contributed by atoms with Crippen LogP contribution in [0, 0.1) is 16.0 Å². The lowest BCUT2D eigenvalue weighted by atomic mass is 9.82. The maximum Gasteiger partial charge on any atom is 0.414 e. The summed E-state index contributed by atoms with van der Waals surface area (Å²) >= 11 is 0. The third-order valence-corrected chi connectivity index (χ3v) is 9.05. The first-order valence-electron chi connectivity index (χ1n) is 15.1. The molecule has 1 saturated heterocycles. The quantitative estimate of drug-likeness (QED) is 0.207. The van der Waals surface area contributed by atoms with Crippen LogP contribution in [-0.2, 0) is 39.4 Å². The Kier molecular flexibility index (Phi) is 8.32. The average Bonchev–Trinajstić information content (AvgIpc) is 3.59. The summed E-state index contributed by atoms with van der Waals surface area (Å²) in [6.45, 7) is 2.53.